The van der Waals surface area contributed by atoms with Crippen molar-refractivity contribution in [3.63, 3.8) is 0 Å². The SMILES string of the molecule is Nc1nonc1-c1nc(-c2ccc(Cl)cc2Cl)n[nH]1. The first-order valence-corrected chi connectivity index (χ1v) is 5.87. The molecular weight excluding hydrogens is 291 g/mol. The van der Waals surface area contributed by atoms with E-state index in [-0.39, 0.29) is 5.82 Å². The maximum absolute atomic E-state index is 6.08. The molecule has 0 atom stereocenters. The molecule has 1 aromatic carbocycles. The molecule has 0 spiro atoms. The summed E-state index contributed by atoms with van der Waals surface area (Å²) in [7, 11) is 0. The van der Waals surface area contributed by atoms with Gasteiger partial charge in [-0.25, -0.2) is 9.61 Å². The molecule has 0 unspecified atom stereocenters. The zero-order valence-electron chi connectivity index (χ0n) is 9.26. The molecule has 19 heavy (non-hydrogen) atoms. The number of aromatic nitrogens is 5. The summed E-state index contributed by atoms with van der Waals surface area (Å²) in [6.07, 6.45) is 0. The number of nitrogens with one attached hydrogen (secondary N) is 1. The van der Waals surface area contributed by atoms with Crippen LogP contribution in [0.2, 0.25) is 10.0 Å². The first kappa shape index (κ1) is 11.9. The van der Waals surface area contributed by atoms with E-state index in [1.165, 1.54) is 0 Å². The minimum atomic E-state index is 0.130. The van der Waals surface area contributed by atoms with Gasteiger partial charge in [0, 0.05) is 10.6 Å². The van der Waals surface area contributed by atoms with Gasteiger partial charge in [0.1, 0.15) is 0 Å². The summed E-state index contributed by atoms with van der Waals surface area (Å²) in [4.78, 5) is 4.24. The Hall–Kier alpha value is -2.12. The monoisotopic (exact) mass is 296 g/mol. The normalized spacial score (nSPS) is 10.8. The van der Waals surface area contributed by atoms with E-state index in [4.69, 9.17) is 28.9 Å². The fourth-order valence-corrected chi connectivity index (χ4v) is 2.01. The number of anilines is 1. The maximum atomic E-state index is 6.08. The van der Waals surface area contributed by atoms with Crippen LogP contribution < -0.4 is 5.73 Å². The van der Waals surface area contributed by atoms with Gasteiger partial charge >= 0.3 is 0 Å². The van der Waals surface area contributed by atoms with Crippen LogP contribution in [0.15, 0.2) is 22.8 Å². The summed E-state index contributed by atoms with van der Waals surface area (Å²) in [6.45, 7) is 0. The topological polar surface area (TPSA) is 107 Å². The van der Waals surface area contributed by atoms with E-state index >= 15 is 0 Å². The van der Waals surface area contributed by atoms with Gasteiger partial charge in [0.05, 0.1) is 5.02 Å². The predicted octanol–water partition coefficient (Wildman–Crippen LogP) is 2.41. The Morgan fingerprint density at radius 3 is 2.74 bits per heavy atom. The molecule has 3 N–H and O–H groups in total. The van der Waals surface area contributed by atoms with Crippen molar-refractivity contribution < 1.29 is 4.63 Å². The number of nitrogens with two attached hydrogens (primary N) is 1. The summed E-state index contributed by atoms with van der Waals surface area (Å²) in [5, 5.41) is 14.8. The molecule has 3 rings (SSSR count). The van der Waals surface area contributed by atoms with Crippen molar-refractivity contribution in [2.75, 3.05) is 5.73 Å². The molecule has 0 radical (unpaired) electrons. The zero-order valence-corrected chi connectivity index (χ0v) is 10.8. The Labute approximate surface area is 116 Å². The van der Waals surface area contributed by atoms with Gasteiger partial charge in [0.15, 0.2) is 23.2 Å². The maximum Gasteiger partial charge on any atom is 0.199 e. The van der Waals surface area contributed by atoms with Crippen LogP contribution in [0.25, 0.3) is 22.9 Å². The highest BCUT2D eigenvalue weighted by Crippen LogP contribution is 2.29. The number of nitrogen functional groups attached to an aromatic ring is 1. The average molecular weight is 297 g/mol. The van der Waals surface area contributed by atoms with Gasteiger partial charge in [0.25, 0.3) is 0 Å². The molecule has 0 saturated carbocycles. The van der Waals surface area contributed by atoms with Crippen molar-refractivity contribution in [2.24, 2.45) is 0 Å². The summed E-state index contributed by atoms with van der Waals surface area (Å²) >= 11 is 11.9. The van der Waals surface area contributed by atoms with Gasteiger partial charge in [-0.1, -0.05) is 23.2 Å². The van der Waals surface area contributed by atoms with Crippen LogP contribution in [0.4, 0.5) is 5.82 Å². The minimum absolute atomic E-state index is 0.130. The van der Waals surface area contributed by atoms with Gasteiger partial charge in [-0.2, -0.15) is 5.10 Å². The average Bonchev–Trinajstić information content (AvgIpc) is 2.97. The van der Waals surface area contributed by atoms with E-state index in [0.717, 1.165) is 0 Å². The lowest BCUT2D eigenvalue weighted by Gasteiger charge is -1.98. The highest BCUT2D eigenvalue weighted by molar-refractivity contribution is 6.36. The van der Waals surface area contributed by atoms with Crippen molar-refractivity contribution >= 4 is 29.0 Å². The number of hydrogen-bond acceptors (Lipinski definition) is 6. The van der Waals surface area contributed by atoms with Gasteiger partial charge in [-0.05, 0) is 28.5 Å². The quantitative estimate of drug-likeness (QED) is 0.752. The van der Waals surface area contributed by atoms with E-state index in [9.17, 15) is 0 Å². The number of nitrogens with zero attached hydrogens (tertiary/aromatic N) is 4. The second kappa shape index (κ2) is 4.52. The molecule has 0 saturated heterocycles. The third kappa shape index (κ3) is 2.13. The molecule has 0 fully saturated rings. The van der Waals surface area contributed by atoms with Crippen LogP contribution in [0.5, 0.6) is 0 Å². The molecule has 2 heterocycles. The van der Waals surface area contributed by atoms with Crippen LogP contribution in [0, 0.1) is 0 Å². The summed E-state index contributed by atoms with van der Waals surface area (Å²) < 4.78 is 4.50. The highest BCUT2D eigenvalue weighted by Gasteiger charge is 2.16. The molecule has 0 aliphatic heterocycles. The molecule has 0 aliphatic carbocycles. The summed E-state index contributed by atoms with van der Waals surface area (Å²) in [5.41, 5.74) is 6.51. The van der Waals surface area contributed by atoms with Crippen molar-refractivity contribution in [3.05, 3.63) is 28.2 Å². The van der Waals surface area contributed by atoms with Gasteiger partial charge in [0.2, 0.25) is 0 Å². The number of hydrogen-bond donors (Lipinski definition) is 2. The van der Waals surface area contributed by atoms with Crippen LogP contribution >= 0.6 is 23.2 Å². The van der Waals surface area contributed by atoms with Crippen LogP contribution in [0.3, 0.4) is 0 Å². The Bertz CT molecular complexity index is 737. The van der Waals surface area contributed by atoms with Crippen LogP contribution in [-0.2, 0) is 0 Å². The molecule has 0 bridgehead atoms. The predicted molar refractivity (Wildman–Crippen MR) is 69.5 cm³/mol. The molecule has 3 aromatic rings. The lowest BCUT2D eigenvalue weighted by atomic mass is 10.2. The van der Waals surface area contributed by atoms with Gasteiger partial charge in [-0.15, -0.1) is 0 Å². The standard InChI is InChI=1S/C10H6Cl2N6O/c11-4-1-2-5(6(12)3-4)9-14-10(16-15-9)7-8(13)18-19-17-7/h1-3H,(H2,13,18)(H,14,15,16). The smallest absolute Gasteiger partial charge is 0.199 e. The first-order chi connectivity index (χ1) is 9.15. The highest BCUT2D eigenvalue weighted by atomic mass is 35.5. The lowest BCUT2D eigenvalue weighted by molar-refractivity contribution is 0.310. The summed E-state index contributed by atoms with van der Waals surface area (Å²) in [6, 6.07) is 5.04. The second-order valence-electron chi connectivity index (χ2n) is 3.63. The molecule has 7 nitrogen and oxygen atoms in total. The summed E-state index contributed by atoms with van der Waals surface area (Å²) in [5.74, 6) is 0.878. The molecular formula is C10H6Cl2N6O. The number of rotatable bonds is 2. The van der Waals surface area contributed by atoms with E-state index in [1.54, 1.807) is 18.2 Å². The van der Waals surface area contributed by atoms with Crippen molar-refractivity contribution in [3.8, 4) is 22.9 Å². The third-order valence-electron chi connectivity index (χ3n) is 2.40. The van der Waals surface area contributed by atoms with Crippen molar-refractivity contribution in [1.29, 1.82) is 0 Å². The molecule has 0 amide bonds. The molecule has 96 valence electrons. The minimum Gasteiger partial charge on any atom is -0.379 e. The van der Waals surface area contributed by atoms with Crippen LogP contribution in [0.1, 0.15) is 0 Å². The Balaban J connectivity index is 2.04. The number of H-pyrrole nitrogens is 1. The van der Waals surface area contributed by atoms with E-state index in [1.807, 2.05) is 0 Å². The third-order valence-corrected chi connectivity index (χ3v) is 2.94. The zero-order chi connectivity index (χ0) is 13.4. The first-order valence-electron chi connectivity index (χ1n) is 5.11. The van der Waals surface area contributed by atoms with E-state index < -0.39 is 0 Å². The van der Waals surface area contributed by atoms with Crippen molar-refractivity contribution in [1.82, 2.24) is 25.5 Å². The molecule has 9 heteroatoms. The lowest BCUT2D eigenvalue weighted by Crippen LogP contribution is -1.90. The fraction of sp³-hybridized carbons (Fsp3) is 0. The number of halogens is 2. The van der Waals surface area contributed by atoms with Crippen molar-refractivity contribution in [2.45, 2.75) is 0 Å². The Kier molecular flexibility index (Phi) is 2.84. The second-order valence-corrected chi connectivity index (χ2v) is 4.47. The van der Waals surface area contributed by atoms with Gasteiger partial charge < -0.3 is 5.73 Å². The number of benzene rings is 1. The van der Waals surface area contributed by atoms with Gasteiger partial charge in [-0.3, -0.25) is 5.10 Å². The molecule has 2 aromatic heterocycles. The fourth-order valence-electron chi connectivity index (χ4n) is 1.52. The Morgan fingerprint density at radius 1 is 1.21 bits per heavy atom. The van der Waals surface area contributed by atoms with E-state index in [2.05, 4.69) is 30.1 Å². The largest absolute Gasteiger partial charge is 0.379 e. The number of aromatic amines is 1. The Morgan fingerprint density at radius 2 is 2.05 bits per heavy atom. The van der Waals surface area contributed by atoms with Crippen LogP contribution in [-0.4, -0.2) is 25.5 Å². The van der Waals surface area contributed by atoms with E-state index in [0.29, 0.717) is 33.0 Å². The molecule has 0 aliphatic rings.